The Morgan fingerprint density at radius 3 is 2.79 bits per heavy atom. The highest BCUT2D eigenvalue weighted by atomic mass is 79.9. The molecule has 2 nitrogen and oxygen atoms in total. The second kappa shape index (κ2) is 3.62. The molecule has 1 aliphatic rings. The number of rotatable bonds is 2. The number of hydrogen-bond donors (Lipinski definition) is 0. The van der Waals surface area contributed by atoms with Crippen LogP contribution in [0.4, 0.5) is 0 Å². The number of nitrogens with zero attached hydrogens (tertiary/aromatic N) is 1. The van der Waals surface area contributed by atoms with Crippen molar-refractivity contribution in [2.45, 2.75) is 25.9 Å². The van der Waals surface area contributed by atoms with Gasteiger partial charge in [-0.15, -0.1) is 0 Å². The molecule has 1 saturated carbocycles. The quantitative estimate of drug-likeness (QED) is 0.809. The van der Waals surface area contributed by atoms with E-state index in [1.165, 1.54) is 0 Å². The average Bonchev–Trinajstić information content (AvgIpc) is 2.87. The Kier molecular flexibility index (Phi) is 2.47. The lowest BCUT2D eigenvalue weighted by Gasteiger charge is -2.08. The summed E-state index contributed by atoms with van der Waals surface area (Å²) < 4.78 is 6.62. The van der Waals surface area contributed by atoms with Crippen LogP contribution in [0.2, 0.25) is 0 Å². The molecule has 0 heterocycles. The minimum atomic E-state index is 0.329. The van der Waals surface area contributed by atoms with Crippen LogP contribution in [0.1, 0.15) is 24.0 Å². The normalized spacial score (nSPS) is 14.9. The third kappa shape index (κ3) is 1.91. The van der Waals surface area contributed by atoms with Gasteiger partial charge in [-0.2, -0.15) is 5.26 Å². The Labute approximate surface area is 91.6 Å². The Morgan fingerprint density at radius 2 is 2.21 bits per heavy atom. The summed E-state index contributed by atoms with van der Waals surface area (Å²) in [4.78, 5) is 0. The van der Waals surface area contributed by atoms with E-state index in [1.807, 2.05) is 19.1 Å². The van der Waals surface area contributed by atoms with E-state index < -0.39 is 0 Å². The highest BCUT2D eigenvalue weighted by Crippen LogP contribution is 2.32. The highest BCUT2D eigenvalue weighted by molar-refractivity contribution is 9.10. The fraction of sp³-hybridized carbons (Fsp3) is 0.364. The second-order valence-corrected chi connectivity index (χ2v) is 4.44. The van der Waals surface area contributed by atoms with Crippen molar-refractivity contribution >= 4 is 15.9 Å². The van der Waals surface area contributed by atoms with E-state index in [-0.39, 0.29) is 0 Å². The van der Waals surface area contributed by atoms with Gasteiger partial charge in [0.15, 0.2) is 0 Å². The van der Waals surface area contributed by atoms with Crippen LogP contribution in [-0.2, 0) is 0 Å². The fourth-order valence-electron chi connectivity index (χ4n) is 1.31. The molecule has 0 aliphatic heterocycles. The van der Waals surface area contributed by atoms with Crippen LogP contribution in [0.3, 0.4) is 0 Å². The van der Waals surface area contributed by atoms with Gasteiger partial charge < -0.3 is 4.74 Å². The van der Waals surface area contributed by atoms with Crippen LogP contribution in [0, 0.1) is 18.3 Å². The molecule has 0 amide bonds. The van der Waals surface area contributed by atoms with Gasteiger partial charge >= 0.3 is 0 Å². The van der Waals surface area contributed by atoms with Crippen molar-refractivity contribution in [3.8, 4) is 11.8 Å². The largest absolute Gasteiger partial charge is 0.489 e. The zero-order valence-electron chi connectivity index (χ0n) is 7.88. The molecule has 14 heavy (non-hydrogen) atoms. The minimum Gasteiger partial charge on any atom is -0.489 e. The van der Waals surface area contributed by atoms with Gasteiger partial charge in [0.05, 0.1) is 11.7 Å². The van der Waals surface area contributed by atoms with Crippen LogP contribution >= 0.6 is 15.9 Å². The monoisotopic (exact) mass is 251 g/mol. The SMILES string of the molecule is Cc1cc(Br)cc(OC2CC2)c1C#N. The fourth-order valence-corrected chi connectivity index (χ4v) is 1.87. The molecule has 72 valence electrons. The van der Waals surface area contributed by atoms with Crippen LogP contribution in [0.25, 0.3) is 0 Å². The molecule has 0 bridgehead atoms. The van der Waals surface area contributed by atoms with E-state index in [2.05, 4.69) is 22.0 Å². The lowest BCUT2D eigenvalue weighted by molar-refractivity contribution is 0.302. The van der Waals surface area contributed by atoms with E-state index in [4.69, 9.17) is 10.00 Å². The summed E-state index contributed by atoms with van der Waals surface area (Å²) in [5, 5.41) is 8.98. The van der Waals surface area contributed by atoms with Gasteiger partial charge in [-0.25, -0.2) is 0 Å². The molecule has 1 fully saturated rings. The molecular weight excluding hydrogens is 242 g/mol. The summed E-state index contributed by atoms with van der Waals surface area (Å²) >= 11 is 3.40. The van der Waals surface area contributed by atoms with Crippen molar-refractivity contribution in [3.63, 3.8) is 0 Å². The predicted molar refractivity (Wildman–Crippen MR) is 57.2 cm³/mol. The van der Waals surface area contributed by atoms with E-state index in [0.717, 1.165) is 22.9 Å². The summed E-state index contributed by atoms with van der Waals surface area (Å²) in [6.07, 6.45) is 2.54. The summed E-state index contributed by atoms with van der Waals surface area (Å²) in [5.74, 6) is 0.710. The molecule has 0 radical (unpaired) electrons. The smallest absolute Gasteiger partial charge is 0.138 e. The first-order chi connectivity index (χ1) is 6.70. The molecule has 0 atom stereocenters. The van der Waals surface area contributed by atoms with Gasteiger partial charge in [-0.1, -0.05) is 15.9 Å². The van der Waals surface area contributed by atoms with Crippen molar-refractivity contribution in [1.82, 2.24) is 0 Å². The van der Waals surface area contributed by atoms with Crippen molar-refractivity contribution < 1.29 is 4.74 Å². The first-order valence-electron chi connectivity index (χ1n) is 4.57. The van der Waals surface area contributed by atoms with E-state index in [0.29, 0.717) is 17.4 Å². The lowest BCUT2D eigenvalue weighted by atomic mass is 10.1. The summed E-state index contributed by atoms with van der Waals surface area (Å²) in [6, 6.07) is 5.97. The summed E-state index contributed by atoms with van der Waals surface area (Å²) in [6.45, 7) is 1.92. The zero-order chi connectivity index (χ0) is 10.1. The van der Waals surface area contributed by atoms with Gasteiger partial charge in [0, 0.05) is 4.47 Å². The minimum absolute atomic E-state index is 0.329. The molecule has 0 unspecified atom stereocenters. The number of nitriles is 1. The lowest BCUT2D eigenvalue weighted by Crippen LogP contribution is -1.99. The average molecular weight is 252 g/mol. The highest BCUT2D eigenvalue weighted by Gasteiger charge is 2.25. The second-order valence-electron chi connectivity index (χ2n) is 3.52. The van der Waals surface area contributed by atoms with Crippen molar-refractivity contribution in [3.05, 3.63) is 27.7 Å². The van der Waals surface area contributed by atoms with Crippen molar-refractivity contribution in [1.29, 1.82) is 5.26 Å². The van der Waals surface area contributed by atoms with E-state index >= 15 is 0 Å². The van der Waals surface area contributed by atoms with E-state index in [1.54, 1.807) is 0 Å². The maximum atomic E-state index is 8.98. The number of ether oxygens (including phenoxy) is 1. The topological polar surface area (TPSA) is 33.0 Å². The van der Waals surface area contributed by atoms with Crippen LogP contribution in [0.5, 0.6) is 5.75 Å². The Hall–Kier alpha value is -1.01. The number of aryl methyl sites for hydroxylation is 1. The molecule has 0 N–H and O–H groups in total. The van der Waals surface area contributed by atoms with Crippen LogP contribution in [0.15, 0.2) is 16.6 Å². The molecular formula is C11H10BrNO. The Bertz CT molecular complexity index is 404. The summed E-state index contributed by atoms with van der Waals surface area (Å²) in [5.41, 5.74) is 1.61. The molecule has 0 spiro atoms. The van der Waals surface area contributed by atoms with Crippen LogP contribution < -0.4 is 4.74 Å². The van der Waals surface area contributed by atoms with Crippen molar-refractivity contribution in [2.24, 2.45) is 0 Å². The standard InChI is InChI=1S/C11H10BrNO/c1-7-4-8(12)5-11(10(7)6-13)14-9-2-3-9/h4-5,9H,2-3H2,1H3. The maximum Gasteiger partial charge on any atom is 0.138 e. The molecule has 1 aliphatic carbocycles. The number of hydrogen-bond acceptors (Lipinski definition) is 2. The number of benzene rings is 1. The van der Waals surface area contributed by atoms with Gasteiger partial charge in [-0.3, -0.25) is 0 Å². The molecule has 1 aromatic carbocycles. The third-order valence-corrected chi connectivity index (χ3v) is 2.65. The molecule has 3 heteroatoms. The van der Waals surface area contributed by atoms with Crippen LogP contribution in [-0.4, -0.2) is 6.10 Å². The Morgan fingerprint density at radius 1 is 1.50 bits per heavy atom. The van der Waals surface area contributed by atoms with E-state index in [9.17, 15) is 0 Å². The van der Waals surface area contributed by atoms with Gasteiger partial charge in [0.1, 0.15) is 11.8 Å². The van der Waals surface area contributed by atoms with Gasteiger partial charge in [-0.05, 0) is 37.5 Å². The molecule has 1 aromatic rings. The first-order valence-corrected chi connectivity index (χ1v) is 5.37. The predicted octanol–water partition coefficient (Wildman–Crippen LogP) is 3.17. The molecule has 0 aromatic heterocycles. The Balaban J connectivity index is 2.39. The van der Waals surface area contributed by atoms with Crippen molar-refractivity contribution in [2.75, 3.05) is 0 Å². The van der Waals surface area contributed by atoms with Gasteiger partial charge in [0.25, 0.3) is 0 Å². The third-order valence-electron chi connectivity index (χ3n) is 2.19. The number of halogens is 1. The maximum absolute atomic E-state index is 8.98. The molecule has 2 rings (SSSR count). The summed E-state index contributed by atoms with van der Waals surface area (Å²) in [7, 11) is 0. The zero-order valence-corrected chi connectivity index (χ0v) is 9.47. The van der Waals surface area contributed by atoms with Gasteiger partial charge in [0.2, 0.25) is 0 Å². The molecule has 0 saturated heterocycles. The first kappa shape index (κ1) is 9.54.